The lowest BCUT2D eigenvalue weighted by molar-refractivity contribution is 0.0956. The molecule has 116 valence electrons. The molecule has 1 aliphatic carbocycles. The van der Waals surface area contributed by atoms with Gasteiger partial charge < -0.3 is 10.6 Å². The summed E-state index contributed by atoms with van der Waals surface area (Å²) in [5, 5.41) is 5.69. The Morgan fingerprint density at radius 2 is 2.10 bits per heavy atom. The Morgan fingerprint density at radius 3 is 2.76 bits per heavy atom. The number of benzene rings is 1. The number of carbonyl (C=O) groups excluding carboxylic acids is 1. The lowest BCUT2D eigenvalue weighted by atomic mass is 10.1. The van der Waals surface area contributed by atoms with Gasteiger partial charge in [-0.1, -0.05) is 6.07 Å². The van der Waals surface area contributed by atoms with Crippen LogP contribution >= 0.6 is 0 Å². The first-order chi connectivity index (χ1) is 9.91. The van der Waals surface area contributed by atoms with Crippen molar-refractivity contribution in [2.24, 2.45) is 0 Å². The maximum absolute atomic E-state index is 11.8. The van der Waals surface area contributed by atoms with Gasteiger partial charge in [-0.25, -0.2) is 8.42 Å². The maximum Gasteiger partial charge on any atom is 0.251 e. The fourth-order valence-corrected chi connectivity index (χ4v) is 4.23. The summed E-state index contributed by atoms with van der Waals surface area (Å²) >= 11 is 0. The number of rotatable bonds is 5. The Bertz CT molecular complexity index is 613. The van der Waals surface area contributed by atoms with Crippen molar-refractivity contribution in [2.45, 2.75) is 37.5 Å². The van der Waals surface area contributed by atoms with Crippen LogP contribution in [0.4, 0.5) is 5.69 Å². The molecule has 0 saturated heterocycles. The van der Waals surface area contributed by atoms with Gasteiger partial charge in [-0.05, 0) is 44.4 Å². The quantitative estimate of drug-likeness (QED) is 0.870. The highest BCUT2D eigenvalue weighted by atomic mass is 32.2. The van der Waals surface area contributed by atoms with Crippen molar-refractivity contribution in [1.82, 2.24) is 5.32 Å². The summed E-state index contributed by atoms with van der Waals surface area (Å²) < 4.78 is 23.6. The number of hydrogen-bond donors (Lipinski definition) is 2. The molecule has 0 radical (unpaired) electrons. The van der Waals surface area contributed by atoms with Crippen LogP contribution in [0.15, 0.2) is 24.3 Å². The first kappa shape index (κ1) is 15.8. The van der Waals surface area contributed by atoms with Crippen LogP contribution in [0.25, 0.3) is 0 Å². The maximum atomic E-state index is 11.8. The van der Waals surface area contributed by atoms with Gasteiger partial charge in [-0.2, -0.15) is 0 Å². The molecular weight excluding hydrogens is 288 g/mol. The molecule has 5 nitrogen and oxygen atoms in total. The van der Waals surface area contributed by atoms with Gasteiger partial charge in [0.25, 0.3) is 5.91 Å². The largest absolute Gasteiger partial charge is 0.381 e. The predicted octanol–water partition coefficient (Wildman–Crippen LogP) is 1.81. The van der Waals surface area contributed by atoms with Gasteiger partial charge in [0.2, 0.25) is 0 Å². The molecular formula is C15H22N2O3S. The fourth-order valence-electron chi connectivity index (χ4n) is 2.83. The Morgan fingerprint density at radius 1 is 1.33 bits per heavy atom. The van der Waals surface area contributed by atoms with Gasteiger partial charge in [0, 0.05) is 30.1 Å². The van der Waals surface area contributed by atoms with Crippen molar-refractivity contribution < 1.29 is 13.2 Å². The van der Waals surface area contributed by atoms with Gasteiger partial charge in [0.15, 0.2) is 9.84 Å². The molecule has 1 amide bonds. The van der Waals surface area contributed by atoms with Crippen LogP contribution in [0.2, 0.25) is 0 Å². The second-order valence-corrected chi connectivity index (χ2v) is 7.75. The number of sulfone groups is 1. The van der Waals surface area contributed by atoms with Gasteiger partial charge in [-0.15, -0.1) is 0 Å². The molecule has 1 fully saturated rings. The number of carbonyl (C=O) groups is 1. The molecule has 2 rings (SSSR count). The lowest BCUT2D eigenvalue weighted by Crippen LogP contribution is -2.34. The van der Waals surface area contributed by atoms with Crippen molar-refractivity contribution >= 4 is 21.4 Å². The Labute approximate surface area is 126 Å². The Balaban J connectivity index is 2.13. The van der Waals surface area contributed by atoms with E-state index in [-0.39, 0.29) is 17.2 Å². The molecule has 2 atom stereocenters. The third-order valence-electron chi connectivity index (χ3n) is 3.82. The Kier molecular flexibility index (Phi) is 4.88. The number of nitrogens with one attached hydrogen (secondary N) is 2. The summed E-state index contributed by atoms with van der Waals surface area (Å²) in [5.74, 6) is -0.118. The van der Waals surface area contributed by atoms with Crippen LogP contribution in [0.1, 0.15) is 36.5 Å². The smallest absolute Gasteiger partial charge is 0.251 e. The normalized spacial score (nSPS) is 22.0. The molecule has 0 aromatic heterocycles. The molecule has 0 aliphatic heterocycles. The van der Waals surface area contributed by atoms with E-state index in [2.05, 4.69) is 10.6 Å². The highest BCUT2D eigenvalue weighted by Gasteiger charge is 2.34. The van der Waals surface area contributed by atoms with E-state index < -0.39 is 9.84 Å². The summed E-state index contributed by atoms with van der Waals surface area (Å²) in [6.45, 7) is 2.45. The molecule has 1 saturated carbocycles. The highest BCUT2D eigenvalue weighted by molar-refractivity contribution is 7.91. The predicted molar refractivity (Wildman–Crippen MR) is 84.3 cm³/mol. The van der Waals surface area contributed by atoms with Crippen LogP contribution in [0.5, 0.6) is 0 Å². The van der Waals surface area contributed by atoms with Crippen LogP contribution in [0, 0.1) is 0 Å². The molecule has 1 aliphatic rings. The van der Waals surface area contributed by atoms with Crippen LogP contribution in [-0.2, 0) is 9.84 Å². The standard InChI is InChI=1S/C15H22N2O3S/c1-3-16-15(18)11-6-4-7-12(10-11)17-13-8-5-9-14(13)21(2,19)20/h4,6-7,10,13-14,17H,3,5,8-9H2,1-2H3,(H,16,18). The van der Waals surface area contributed by atoms with E-state index in [0.717, 1.165) is 18.5 Å². The molecule has 1 aromatic rings. The average molecular weight is 310 g/mol. The van der Waals surface area contributed by atoms with Crippen molar-refractivity contribution in [3.05, 3.63) is 29.8 Å². The van der Waals surface area contributed by atoms with Gasteiger partial charge in [0.1, 0.15) is 0 Å². The van der Waals surface area contributed by atoms with E-state index in [9.17, 15) is 13.2 Å². The molecule has 0 spiro atoms. The van der Waals surface area contributed by atoms with E-state index in [0.29, 0.717) is 18.5 Å². The van der Waals surface area contributed by atoms with E-state index in [4.69, 9.17) is 0 Å². The molecule has 1 aromatic carbocycles. The van der Waals surface area contributed by atoms with E-state index in [1.807, 2.05) is 13.0 Å². The second-order valence-electron chi connectivity index (χ2n) is 5.49. The summed E-state index contributed by atoms with van der Waals surface area (Å²) in [6.07, 6.45) is 3.74. The zero-order valence-electron chi connectivity index (χ0n) is 12.4. The van der Waals surface area contributed by atoms with Crippen LogP contribution in [0.3, 0.4) is 0 Å². The lowest BCUT2D eigenvalue weighted by Gasteiger charge is -2.21. The average Bonchev–Trinajstić information content (AvgIpc) is 2.87. The van der Waals surface area contributed by atoms with E-state index in [1.165, 1.54) is 6.26 Å². The third kappa shape index (κ3) is 3.97. The van der Waals surface area contributed by atoms with Crippen molar-refractivity contribution in [3.8, 4) is 0 Å². The number of hydrogen-bond acceptors (Lipinski definition) is 4. The van der Waals surface area contributed by atoms with Crippen LogP contribution < -0.4 is 10.6 Å². The van der Waals surface area contributed by atoms with E-state index in [1.54, 1.807) is 18.2 Å². The first-order valence-electron chi connectivity index (χ1n) is 7.25. The minimum absolute atomic E-state index is 0.0792. The zero-order chi connectivity index (χ0) is 15.5. The minimum Gasteiger partial charge on any atom is -0.381 e. The summed E-state index contributed by atoms with van der Waals surface area (Å²) in [6, 6.07) is 7.10. The van der Waals surface area contributed by atoms with Crippen molar-refractivity contribution in [1.29, 1.82) is 0 Å². The zero-order valence-corrected chi connectivity index (χ0v) is 13.2. The molecule has 0 heterocycles. The minimum atomic E-state index is -3.05. The fraction of sp³-hybridized carbons (Fsp3) is 0.533. The Hall–Kier alpha value is -1.56. The van der Waals surface area contributed by atoms with Gasteiger partial charge >= 0.3 is 0 Å². The van der Waals surface area contributed by atoms with Gasteiger partial charge in [0.05, 0.1) is 5.25 Å². The number of anilines is 1. The monoisotopic (exact) mass is 310 g/mol. The summed E-state index contributed by atoms with van der Waals surface area (Å²) in [5.41, 5.74) is 1.37. The molecule has 2 unspecified atom stereocenters. The van der Waals surface area contributed by atoms with Crippen molar-refractivity contribution in [2.75, 3.05) is 18.1 Å². The second kappa shape index (κ2) is 6.47. The molecule has 2 N–H and O–H groups in total. The summed E-state index contributed by atoms with van der Waals surface area (Å²) in [4.78, 5) is 11.8. The number of amides is 1. The highest BCUT2D eigenvalue weighted by Crippen LogP contribution is 2.28. The SMILES string of the molecule is CCNC(=O)c1cccc(NC2CCCC2S(C)(=O)=O)c1. The molecule has 0 bridgehead atoms. The van der Waals surface area contributed by atoms with Crippen LogP contribution in [-0.4, -0.2) is 38.4 Å². The molecule has 21 heavy (non-hydrogen) atoms. The third-order valence-corrected chi connectivity index (χ3v) is 5.48. The van der Waals surface area contributed by atoms with Gasteiger partial charge in [-0.3, -0.25) is 4.79 Å². The topological polar surface area (TPSA) is 75.3 Å². The van der Waals surface area contributed by atoms with Crippen molar-refractivity contribution in [3.63, 3.8) is 0 Å². The molecule has 6 heteroatoms. The first-order valence-corrected chi connectivity index (χ1v) is 9.21. The summed E-state index contributed by atoms with van der Waals surface area (Å²) in [7, 11) is -3.05. The van der Waals surface area contributed by atoms with E-state index >= 15 is 0 Å².